The third-order valence-electron chi connectivity index (χ3n) is 2.48. The van der Waals surface area contributed by atoms with Crippen molar-refractivity contribution in [3.8, 4) is 5.75 Å². The largest absolute Gasteiger partial charge is 0.573 e. The molecule has 104 valence electrons. The van der Waals surface area contributed by atoms with Gasteiger partial charge in [-0.25, -0.2) is 4.57 Å². The summed E-state index contributed by atoms with van der Waals surface area (Å²) in [7, 11) is 0. The number of aryl methyl sites for hydroxylation is 1. The van der Waals surface area contributed by atoms with Crippen molar-refractivity contribution in [3.05, 3.63) is 18.2 Å². The fourth-order valence-electron chi connectivity index (χ4n) is 1.74. The Kier molecular flexibility index (Phi) is 3.81. The zero-order valence-corrected chi connectivity index (χ0v) is 10.6. The quantitative estimate of drug-likeness (QED) is 0.848. The molecule has 0 atom stereocenters. The van der Waals surface area contributed by atoms with E-state index in [-0.39, 0.29) is 12.4 Å². The summed E-state index contributed by atoms with van der Waals surface area (Å²) in [6.45, 7) is 0.543. The summed E-state index contributed by atoms with van der Waals surface area (Å²) in [6.07, 6.45) is -4.18. The molecular formula is C11H12F3N2O2S+. The fourth-order valence-corrected chi connectivity index (χ4v) is 2.73. The number of hydrogen-bond donors (Lipinski definition) is 2. The summed E-state index contributed by atoms with van der Waals surface area (Å²) in [4.78, 5) is 0. The van der Waals surface area contributed by atoms with Gasteiger partial charge in [-0.3, -0.25) is 5.73 Å². The molecule has 0 amide bonds. The minimum Gasteiger partial charge on any atom is -0.406 e. The molecule has 1 aromatic carbocycles. The highest BCUT2D eigenvalue weighted by Crippen LogP contribution is 2.29. The summed E-state index contributed by atoms with van der Waals surface area (Å²) in [5, 5.41) is 9.28. The molecule has 0 aliphatic heterocycles. The first-order valence-corrected chi connectivity index (χ1v) is 6.31. The first-order valence-electron chi connectivity index (χ1n) is 5.49. The highest BCUT2D eigenvalue weighted by Gasteiger charge is 2.31. The van der Waals surface area contributed by atoms with Crippen LogP contribution in [0.4, 0.5) is 18.3 Å². The molecule has 0 unspecified atom stereocenters. The van der Waals surface area contributed by atoms with Gasteiger partial charge < -0.3 is 9.84 Å². The monoisotopic (exact) mass is 293 g/mol. The number of nitrogens with two attached hydrogens (primary N) is 1. The highest BCUT2D eigenvalue weighted by molar-refractivity contribution is 7.21. The third-order valence-corrected chi connectivity index (χ3v) is 3.45. The van der Waals surface area contributed by atoms with Crippen molar-refractivity contribution in [1.82, 2.24) is 0 Å². The number of aromatic nitrogens is 1. The molecule has 1 aromatic heterocycles. The molecule has 1 heterocycles. The van der Waals surface area contributed by atoms with Crippen LogP contribution >= 0.6 is 11.3 Å². The van der Waals surface area contributed by atoms with Crippen LogP contribution in [0.2, 0.25) is 0 Å². The van der Waals surface area contributed by atoms with Gasteiger partial charge >= 0.3 is 11.5 Å². The van der Waals surface area contributed by atoms with Crippen LogP contribution in [0.25, 0.3) is 10.2 Å². The number of benzene rings is 1. The van der Waals surface area contributed by atoms with E-state index in [0.29, 0.717) is 22.8 Å². The van der Waals surface area contributed by atoms with Gasteiger partial charge in [-0.05, 0) is 23.5 Å². The van der Waals surface area contributed by atoms with Crippen LogP contribution in [-0.4, -0.2) is 18.1 Å². The maximum absolute atomic E-state index is 12.1. The number of halogens is 3. The van der Waals surface area contributed by atoms with E-state index in [0.717, 1.165) is 5.52 Å². The molecule has 0 bridgehead atoms. The number of fused-ring (bicyclic) bond motifs is 1. The van der Waals surface area contributed by atoms with Crippen LogP contribution < -0.4 is 15.0 Å². The lowest BCUT2D eigenvalue weighted by molar-refractivity contribution is -0.654. The van der Waals surface area contributed by atoms with E-state index < -0.39 is 6.36 Å². The summed E-state index contributed by atoms with van der Waals surface area (Å²) in [5.74, 6) is -0.268. The van der Waals surface area contributed by atoms with Crippen molar-refractivity contribution < 1.29 is 27.6 Å². The predicted molar refractivity (Wildman–Crippen MR) is 64.8 cm³/mol. The standard InChI is InChI=1S/C11H11F3N2O2S/c12-11(13,14)18-7-2-3-8-9(6-7)19-10(15)16(8)4-1-5-17/h2-3,6,15,17H,1,4-5H2/p+1. The summed E-state index contributed by atoms with van der Waals surface area (Å²) >= 11 is 1.18. The summed E-state index contributed by atoms with van der Waals surface area (Å²) in [6, 6.07) is 4.08. The number of anilines is 1. The van der Waals surface area contributed by atoms with E-state index in [1.54, 1.807) is 4.57 Å². The Morgan fingerprint density at radius 3 is 2.74 bits per heavy atom. The number of nitrogen functional groups attached to an aromatic ring is 1. The average Bonchev–Trinajstić information content (AvgIpc) is 2.59. The number of hydrogen-bond acceptors (Lipinski definition) is 4. The maximum atomic E-state index is 12.1. The van der Waals surface area contributed by atoms with E-state index >= 15 is 0 Å². The summed E-state index contributed by atoms with van der Waals surface area (Å²) in [5.41, 5.74) is 6.54. The van der Waals surface area contributed by atoms with E-state index in [9.17, 15) is 13.2 Å². The van der Waals surface area contributed by atoms with Gasteiger partial charge in [0.05, 0.1) is 11.2 Å². The van der Waals surface area contributed by atoms with Gasteiger partial charge in [-0.2, -0.15) is 0 Å². The van der Waals surface area contributed by atoms with E-state index in [1.165, 1.54) is 29.5 Å². The van der Waals surface area contributed by atoms with Gasteiger partial charge in [0.2, 0.25) is 0 Å². The van der Waals surface area contributed by atoms with Crippen LogP contribution in [-0.2, 0) is 6.54 Å². The molecule has 0 spiro atoms. The molecule has 0 aliphatic rings. The molecule has 4 nitrogen and oxygen atoms in total. The van der Waals surface area contributed by atoms with Crippen molar-refractivity contribution in [2.24, 2.45) is 0 Å². The molecule has 0 saturated carbocycles. The number of alkyl halides is 3. The lowest BCUT2D eigenvalue weighted by Gasteiger charge is -2.08. The van der Waals surface area contributed by atoms with Crippen molar-refractivity contribution >= 4 is 26.7 Å². The number of nitrogens with zero attached hydrogens (tertiary/aromatic N) is 1. The van der Waals surface area contributed by atoms with Gasteiger partial charge in [-0.1, -0.05) is 0 Å². The second-order valence-electron chi connectivity index (χ2n) is 3.85. The molecule has 3 N–H and O–H groups in total. The van der Waals surface area contributed by atoms with Gasteiger partial charge in [-0.15, -0.1) is 13.2 Å². The first-order chi connectivity index (χ1) is 8.90. The van der Waals surface area contributed by atoms with Crippen molar-refractivity contribution in [2.45, 2.75) is 19.3 Å². The molecule has 0 aliphatic carbocycles. The van der Waals surface area contributed by atoms with E-state index in [4.69, 9.17) is 10.8 Å². The number of aliphatic hydroxyl groups excluding tert-OH is 1. The third kappa shape index (κ3) is 3.27. The van der Waals surface area contributed by atoms with E-state index in [2.05, 4.69) is 4.74 Å². The molecular weight excluding hydrogens is 281 g/mol. The van der Waals surface area contributed by atoms with Gasteiger partial charge in [0.25, 0.3) is 0 Å². The smallest absolute Gasteiger partial charge is 0.406 e. The molecule has 0 fully saturated rings. The van der Waals surface area contributed by atoms with Gasteiger partial charge in [0.1, 0.15) is 11.3 Å². The minimum atomic E-state index is -4.71. The Morgan fingerprint density at radius 1 is 1.37 bits per heavy atom. The summed E-state index contributed by atoms with van der Waals surface area (Å²) < 4.78 is 42.6. The number of aliphatic hydroxyl groups is 1. The number of thiazole rings is 1. The van der Waals surface area contributed by atoms with Crippen LogP contribution in [0.15, 0.2) is 18.2 Å². The zero-order chi connectivity index (χ0) is 14.0. The van der Waals surface area contributed by atoms with Crippen LogP contribution in [0.1, 0.15) is 6.42 Å². The van der Waals surface area contributed by atoms with Crippen LogP contribution in [0, 0.1) is 0 Å². The Bertz CT molecular complexity index is 583. The molecule has 0 saturated heterocycles. The van der Waals surface area contributed by atoms with Gasteiger partial charge in [0.15, 0.2) is 0 Å². The Morgan fingerprint density at radius 2 is 2.11 bits per heavy atom. The predicted octanol–water partition coefficient (Wildman–Crippen LogP) is 2.05. The SMILES string of the molecule is Nc1sc2cc(OC(F)(F)F)ccc2[n+]1CCCO. The second-order valence-corrected chi connectivity index (χ2v) is 4.91. The van der Waals surface area contributed by atoms with E-state index in [1.807, 2.05) is 0 Å². The van der Waals surface area contributed by atoms with Crippen molar-refractivity contribution in [3.63, 3.8) is 0 Å². The highest BCUT2D eigenvalue weighted by atomic mass is 32.1. The molecule has 8 heteroatoms. The average molecular weight is 293 g/mol. The molecule has 19 heavy (non-hydrogen) atoms. The zero-order valence-electron chi connectivity index (χ0n) is 9.78. The van der Waals surface area contributed by atoms with Crippen molar-refractivity contribution in [1.29, 1.82) is 0 Å². The minimum absolute atomic E-state index is 0.0268. The first kappa shape index (κ1) is 13.9. The number of rotatable bonds is 4. The Labute approximate surface area is 110 Å². The molecule has 2 rings (SSSR count). The topological polar surface area (TPSA) is 59.4 Å². The molecule has 0 radical (unpaired) electrons. The Balaban J connectivity index is 2.35. The Hall–Kier alpha value is -1.54. The lowest BCUT2D eigenvalue weighted by Crippen LogP contribution is -2.35. The van der Waals surface area contributed by atoms with Gasteiger partial charge in [0, 0.05) is 19.1 Å². The van der Waals surface area contributed by atoms with Crippen LogP contribution in [0.3, 0.4) is 0 Å². The maximum Gasteiger partial charge on any atom is 0.573 e. The lowest BCUT2D eigenvalue weighted by atomic mass is 10.3. The number of ether oxygens (including phenoxy) is 1. The fraction of sp³-hybridized carbons (Fsp3) is 0.364. The normalized spacial score (nSPS) is 12.0. The second kappa shape index (κ2) is 5.22. The van der Waals surface area contributed by atoms with Crippen molar-refractivity contribution in [2.75, 3.05) is 12.3 Å². The molecule has 2 aromatic rings. The van der Waals surface area contributed by atoms with Crippen LogP contribution in [0.5, 0.6) is 5.75 Å².